The van der Waals surface area contributed by atoms with E-state index in [9.17, 15) is 4.39 Å². The largest absolute Gasteiger partial charge is 0.382 e. The van der Waals surface area contributed by atoms with E-state index in [2.05, 4.69) is 46.4 Å². The summed E-state index contributed by atoms with van der Waals surface area (Å²) in [6.45, 7) is 6.35. The number of benzene rings is 2. The van der Waals surface area contributed by atoms with E-state index in [4.69, 9.17) is 15.0 Å². The minimum Gasteiger partial charge on any atom is -0.382 e. The van der Waals surface area contributed by atoms with Crippen molar-refractivity contribution in [2.24, 2.45) is 0 Å². The van der Waals surface area contributed by atoms with Crippen molar-refractivity contribution in [3.05, 3.63) is 66.1 Å². The number of rotatable bonds is 8. The third-order valence-electron chi connectivity index (χ3n) is 5.90. The molecule has 2 aromatic heterocycles. The number of nitrogens with one attached hydrogen (secondary N) is 1. The van der Waals surface area contributed by atoms with Crippen molar-refractivity contribution >= 4 is 17.6 Å². The van der Waals surface area contributed by atoms with E-state index < -0.39 is 0 Å². The number of nitrogens with two attached hydrogens (primary N) is 1. The van der Waals surface area contributed by atoms with Gasteiger partial charge in [0.15, 0.2) is 17.3 Å². The molecule has 0 bridgehead atoms. The van der Waals surface area contributed by atoms with Crippen molar-refractivity contribution in [3.8, 4) is 34.0 Å². The summed E-state index contributed by atoms with van der Waals surface area (Å²) < 4.78 is 25.8. The van der Waals surface area contributed by atoms with Crippen molar-refractivity contribution in [1.29, 1.82) is 0 Å². The second-order valence-corrected chi connectivity index (χ2v) is 10.7. The first-order valence-electron chi connectivity index (χ1n) is 11.9. The van der Waals surface area contributed by atoms with Gasteiger partial charge in [0.05, 0.1) is 18.5 Å². The van der Waals surface area contributed by atoms with Gasteiger partial charge in [0.1, 0.15) is 11.5 Å². The summed E-state index contributed by atoms with van der Waals surface area (Å²) >= 11 is 1.80. The summed E-state index contributed by atoms with van der Waals surface area (Å²) in [7, 11) is 0. The molecule has 0 saturated carbocycles. The van der Waals surface area contributed by atoms with Crippen molar-refractivity contribution in [2.75, 3.05) is 18.9 Å². The molecule has 1 aliphatic rings. The third-order valence-corrected chi connectivity index (χ3v) is 6.92. The van der Waals surface area contributed by atoms with Crippen LogP contribution in [0.25, 0.3) is 34.0 Å². The van der Waals surface area contributed by atoms with Gasteiger partial charge in [-0.2, -0.15) is 0 Å². The molecule has 7 nitrogen and oxygen atoms in total. The summed E-state index contributed by atoms with van der Waals surface area (Å²) in [6, 6.07) is 15.2. The van der Waals surface area contributed by atoms with Crippen LogP contribution in [0.2, 0.25) is 0 Å². The van der Waals surface area contributed by atoms with Gasteiger partial charge in [-0.15, -0.1) is 11.8 Å². The molecule has 5 rings (SSSR count). The number of ether oxygens (including phenoxy) is 1. The van der Waals surface area contributed by atoms with Crippen molar-refractivity contribution < 1.29 is 13.7 Å². The Morgan fingerprint density at radius 1 is 1.14 bits per heavy atom. The first-order valence-corrected chi connectivity index (χ1v) is 12.8. The average Bonchev–Trinajstić information content (AvgIpc) is 3.56. The van der Waals surface area contributed by atoms with Crippen molar-refractivity contribution in [2.45, 2.75) is 43.0 Å². The normalized spacial score (nSPS) is 15.6. The highest BCUT2D eigenvalue weighted by atomic mass is 32.2. The highest BCUT2D eigenvalue weighted by Crippen LogP contribution is 2.32. The fourth-order valence-electron chi connectivity index (χ4n) is 4.04. The Bertz CT molecular complexity index is 1340. The van der Waals surface area contributed by atoms with Gasteiger partial charge < -0.3 is 20.3 Å². The molecule has 1 aliphatic heterocycles. The second-order valence-electron chi connectivity index (χ2n) is 9.01. The molecular weight excluding hydrogens is 477 g/mol. The van der Waals surface area contributed by atoms with E-state index in [0.717, 1.165) is 24.2 Å². The molecule has 3 heterocycles. The van der Waals surface area contributed by atoms with Gasteiger partial charge in [-0.1, -0.05) is 37.2 Å². The number of anilines is 1. The summed E-state index contributed by atoms with van der Waals surface area (Å²) in [5.41, 5.74) is 9.62. The molecule has 186 valence electrons. The van der Waals surface area contributed by atoms with Crippen LogP contribution >= 0.6 is 11.8 Å². The lowest BCUT2D eigenvalue weighted by atomic mass is 10.1. The molecule has 1 atom stereocenters. The van der Waals surface area contributed by atoms with Gasteiger partial charge in [-0.3, -0.25) is 0 Å². The van der Waals surface area contributed by atoms with Gasteiger partial charge in [-0.05, 0) is 36.2 Å². The smallest absolute Gasteiger partial charge is 0.189 e. The molecule has 1 unspecified atom stereocenters. The van der Waals surface area contributed by atoms with Crippen LogP contribution in [-0.2, 0) is 11.3 Å². The zero-order valence-electron chi connectivity index (χ0n) is 20.2. The first-order chi connectivity index (χ1) is 17.5. The van der Waals surface area contributed by atoms with E-state index in [1.54, 1.807) is 30.1 Å². The van der Waals surface area contributed by atoms with Gasteiger partial charge in [0, 0.05) is 46.5 Å². The van der Waals surface area contributed by atoms with E-state index in [0.29, 0.717) is 52.8 Å². The Morgan fingerprint density at radius 2 is 1.97 bits per heavy atom. The van der Waals surface area contributed by atoms with E-state index in [1.807, 2.05) is 18.2 Å². The molecule has 1 fully saturated rings. The van der Waals surface area contributed by atoms with Crippen LogP contribution in [-0.4, -0.2) is 39.6 Å². The maximum Gasteiger partial charge on any atom is 0.189 e. The van der Waals surface area contributed by atoms with Gasteiger partial charge in [-0.25, -0.2) is 14.4 Å². The van der Waals surface area contributed by atoms with Crippen LogP contribution in [0.15, 0.2) is 64.1 Å². The second kappa shape index (κ2) is 10.8. The maximum atomic E-state index is 14.9. The maximum absolute atomic E-state index is 14.9. The van der Waals surface area contributed by atoms with Crippen LogP contribution in [0, 0.1) is 5.82 Å². The first kappa shape index (κ1) is 24.4. The number of halogens is 1. The molecule has 3 N–H and O–H groups in total. The molecule has 1 saturated heterocycles. The molecule has 36 heavy (non-hydrogen) atoms. The van der Waals surface area contributed by atoms with Crippen LogP contribution in [0.4, 0.5) is 10.2 Å². The summed E-state index contributed by atoms with van der Waals surface area (Å²) in [4.78, 5) is 10.2. The predicted molar refractivity (Wildman–Crippen MR) is 140 cm³/mol. The Hall–Kier alpha value is -3.27. The SMILES string of the molecule is CC(C)Sc1ccc(-c2cnc(N)c(-c3cc(-c4ccc(CNC5CCOC5)cc4F)no3)n2)cc1. The zero-order valence-corrected chi connectivity index (χ0v) is 21.0. The molecule has 9 heteroatoms. The zero-order chi connectivity index (χ0) is 25.1. The summed E-state index contributed by atoms with van der Waals surface area (Å²) in [5, 5.41) is 7.97. The third kappa shape index (κ3) is 5.59. The van der Waals surface area contributed by atoms with E-state index in [1.165, 1.54) is 11.0 Å². The van der Waals surface area contributed by atoms with Crippen molar-refractivity contribution in [1.82, 2.24) is 20.4 Å². The van der Waals surface area contributed by atoms with Crippen LogP contribution < -0.4 is 11.1 Å². The van der Waals surface area contributed by atoms with Gasteiger partial charge in [0.25, 0.3) is 0 Å². The van der Waals surface area contributed by atoms with E-state index >= 15 is 0 Å². The number of aromatic nitrogens is 3. The number of hydrogen-bond donors (Lipinski definition) is 2. The fraction of sp³-hybridized carbons (Fsp3) is 0.296. The quantitative estimate of drug-likeness (QED) is 0.300. The highest BCUT2D eigenvalue weighted by Gasteiger charge is 2.18. The minimum atomic E-state index is -0.371. The lowest BCUT2D eigenvalue weighted by Crippen LogP contribution is -2.28. The van der Waals surface area contributed by atoms with Crippen LogP contribution in [0.5, 0.6) is 0 Å². The molecule has 0 spiro atoms. The van der Waals surface area contributed by atoms with Crippen LogP contribution in [0.1, 0.15) is 25.8 Å². The van der Waals surface area contributed by atoms with E-state index in [-0.39, 0.29) is 11.6 Å². The Balaban J connectivity index is 1.35. The number of nitrogen functional groups attached to an aromatic ring is 1. The summed E-state index contributed by atoms with van der Waals surface area (Å²) in [5.74, 6) is 0.172. The fourth-order valence-corrected chi connectivity index (χ4v) is 4.88. The molecular formula is C27H28FN5O2S. The number of thioether (sulfide) groups is 1. The van der Waals surface area contributed by atoms with Crippen molar-refractivity contribution in [3.63, 3.8) is 0 Å². The Kier molecular flexibility index (Phi) is 7.31. The standard InChI is InChI=1S/C27H28FN5O2S/c1-16(2)36-20-6-4-18(5-7-20)24-14-31-27(29)26(32-24)25-12-23(33-35-25)21-8-3-17(11-22(21)28)13-30-19-9-10-34-15-19/h3-8,11-12,14,16,19,30H,9-10,13,15H2,1-2H3,(H2,29,31). The molecule has 0 radical (unpaired) electrons. The van der Waals surface area contributed by atoms with Crippen LogP contribution in [0.3, 0.4) is 0 Å². The molecule has 0 amide bonds. The molecule has 4 aromatic rings. The molecule has 0 aliphatic carbocycles. The predicted octanol–water partition coefficient (Wildman–Crippen LogP) is 5.57. The topological polar surface area (TPSA) is 99.1 Å². The lowest BCUT2D eigenvalue weighted by molar-refractivity contribution is 0.190. The minimum absolute atomic E-state index is 0.214. The lowest BCUT2D eigenvalue weighted by Gasteiger charge is -2.11. The van der Waals surface area contributed by atoms with Gasteiger partial charge >= 0.3 is 0 Å². The summed E-state index contributed by atoms with van der Waals surface area (Å²) in [6.07, 6.45) is 2.60. The Labute approximate surface area is 213 Å². The van der Waals surface area contributed by atoms with Gasteiger partial charge in [0.2, 0.25) is 0 Å². The highest BCUT2D eigenvalue weighted by molar-refractivity contribution is 7.99. The number of nitrogens with zero attached hydrogens (tertiary/aromatic N) is 3. The Morgan fingerprint density at radius 3 is 2.69 bits per heavy atom. The monoisotopic (exact) mass is 505 g/mol. The number of hydrogen-bond acceptors (Lipinski definition) is 8. The average molecular weight is 506 g/mol. The molecule has 2 aromatic carbocycles.